The quantitative estimate of drug-likeness (QED) is 0.940. The Balaban J connectivity index is 2.42. The lowest BCUT2D eigenvalue weighted by molar-refractivity contribution is 0.580. The van der Waals surface area contributed by atoms with Crippen LogP contribution in [0.25, 0.3) is 10.3 Å². The number of anilines is 1. The highest BCUT2D eigenvalue weighted by atomic mass is 79.9. The molecule has 0 aliphatic heterocycles. The summed E-state index contributed by atoms with van der Waals surface area (Å²) in [5.41, 5.74) is 0.641. The van der Waals surface area contributed by atoms with E-state index in [1.165, 1.54) is 11.3 Å². The van der Waals surface area contributed by atoms with Crippen LogP contribution >= 0.6 is 27.3 Å². The molecule has 0 bridgehead atoms. The minimum atomic E-state index is 0.00765. The van der Waals surface area contributed by atoms with E-state index in [1.54, 1.807) is 6.07 Å². The second kappa shape index (κ2) is 5.20. The van der Waals surface area contributed by atoms with E-state index >= 15 is 0 Å². The van der Waals surface area contributed by atoms with Gasteiger partial charge in [0.05, 0.1) is 4.47 Å². The molecule has 0 radical (unpaired) electrons. The fourth-order valence-electron chi connectivity index (χ4n) is 1.48. The van der Waals surface area contributed by atoms with E-state index in [4.69, 9.17) is 4.42 Å². The van der Waals surface area contributed by atoms with Crippen LogP contribution in [-0.4, -0.2) is 27.2 Å². The van der Waals surface area contributed by atoms with Gasteiger partial charge in [-0.25, -0.2) is 0 Å². The van der Waals surface area contributed by atoms with Gasteiger partial charge in [-0.2, -0.15) is 0 Å². The first kappa shape index (κ1) is 12.6. The van der Waals surface area contributed by atoms with E-state index in [0.717, 1.165) is 17.6 Å². The van der Waals surface area contributed by atoms with E-state index in [9.17, 15) is 4.79 Å². The maximum absolute atomic E-state index is 11.9. The Morgan fingerprint density at radius 3 is 3.06 bits per heavy atom. The van der Waals surface area contributed by atoms with Crippen molar-refractivity contribution in [2.75, 3.05) is 32.1 Å². The molecule has 0 saturated heterocycles. The molecule has 0 spiro atoms. The van der Waals surface area contributed by atoms with Crippen molar-refractivity contribution in [2.45, 2.75) is 0 Å². The van der Waals surface area contributed by atoms with Crippen LogP contribution in [0.5, 0.6) is 0 Å². The zero-order chi connectivity index (χ0) is 12.4. The molecule has 0 fully saturated rings. The summed E-state index contributed by atoms with van der Waals surface area (Å²) in [6.45, 7) is 1.62. The van der Waals surface area contributed by atoms with Crippen molar-refractivity contribution in [3.8, 4) is 0 Å². The Labute approximate surface area is 111 Å². The van der Waals surface area contributed by atoms with Gasteiger partial charge in [0.2, 0.25) is 5.43 Å². The summed E-state index contributed by atoms with van der Waals surface area (Å²) in [6.07, 6.45) is 0. The summed E-state index contributed by atoms with van der Waals surface area (Å²) < 4.78 is 7.22. The standard InChI is InChI=1S/C11H13BrN2O2S/c1-13-3-4-14(2)9-5-8(15)11-10(16-9)7(12)6-17-11/h5-6,13H,3-4H2,1-2H3. The van der Waals surface area contributed by atoms with Gasteiger partial charge in [-0.15, -0.1) is 11.3 Å². The van der Waals surface area contributed by atoms with Gasteiger partial charge in [0.15, 0.2) is 11.5 Å². The molecule has 6 heteroatoms. The average Bonchev–Trinajstić information content (AvgIpc) is 2.69. The molecule has 4 nitrogen and oxygen atoms in total. The molecule has 0 atom stereocenters. The SMILES string of the molecule is CNCCN(C)c1cc(=O)c2scc(Br)c2o1. The second-order valence-electron chi connectivity index (χ2n) is 3.72. The van der Waals surface area contributed by atoms with Gasteiger partial charge in [0.1, 0.15) is 4.70 Å². The zero-order valence-corrected chi connectivity index (χ0v) is 12.0. The largest absolute Gasteiger partial charge is 0.438 e. The van der Waals surface area contributed by atoms with Gasteiger partial charge in [-0.3, -0.25) is 4.79 Å². The lowest BCUT2D eigenvalue weighted by Gasteiger charge is -2.16. The first-order valence-electron chi connectivity index (χ1n) is 5.20. The van der Waals surface area contributed by atoms with Gasteiger partial charge in [0, 0.05) is 31.6 Å². The Kier molecular flexibility index (Phi) is 3.86. The Morgan fingerprint density at radius 1 is 1.59 bits per heavy atom. The molecule has 0 aliphatic rings. The summed E-state index contributed by atoms with van der Waals surface area (Å²) in [5.74, 6) is 0.594. The molecule has 2 heterocycles. The number of likely N-dealkylation sites (N-methyl/N-ethyl adjacent to an activating group) is 2. The molecule has 0 aliphatic carbocycles. The number of fused-ring (bicyclic) bond motifs is 1. The number of halogens is 1. The first-order valence-corrected chi connectivity index (χ1v) is 6.87. The average molecular weight is 317 g/mol. The molecule has 2 aromatic heterocycles. The topological polar surface area (TPSA) is 45.5 Å². The number of nitrogens with one attached hydrogen (secondary N) is 1. The number of nitrogens with zero attached hydrogens (tertiary/aromatic N) is 1. The monoisotopic (exact) mass is 316 g/mol. The lowest BCUT2D eigenvalue weighted by Crippen LogP contribution is -2.27. The van der Waals surface area contributed by atoms with E-state index in [0.29, 0.717) is 16.2 Å². The summed E-state index contributed by atoms with van der Waals surface area (Å²) in [6, 6.07) is 1.54. The van der Waals surface area contributed by atoms with Gasteiger partial charge in [0.25, 0.3) is 0 Å². The van der Waals surface area contributed by atoms with Crippen molar-refractivity contribution >= 4 is 43.4 Å². The van der Waals surface area contributed by atoms with E-state index in [1.807, 2.05) is 24.4 Å². The highest BCUT2D eigenvalue weighted by Gasteiger charge is 2.12. The van der Waals surface area contributed by atoms with Crippen LogP contribution in [0.4, 0.5) is 5.88 Å². The molecule has 17 heavy (non-hydrogen) atoms. The summed E-state index contributed by atoms with van der Waals surface area (Å²) in [5, 5.41) is 4.93. The van der Waals surface area contributed by atoms with Crippen LogP contribution in [0, 0.1) is 0 Å². The first-order chi connectivity index (χ1) is 8.13. The molecular weight excluding hydrogens is 304 g/mol. The molecule has 2 rings (SSSR count). The van der Waals surface area contributed by atoms with Crippen LogP contribution in [0.3, 0.4) is 0 Å². The van der Waals surface area contributed by atoms with Crippen LogP contribution in [0.15, 0.2) is 25.1 Å². The smallest absolute Gasteiger partial charge is 0.204 e. The second-order valence-corrected chi connectivity index (χ2v) is 5.45. The third kappa shape index (κ3) is 2.53. The van der Waals surface area contributed by atoms with Crippen molar-refractivity contribution in [2.24, 2.45) is 0 Å². The number of hydrogen-bond donors (Lipinski definition) is 1. The Hall–Kier alpha value is -0.850. The zero-order valence-electron chi connectivity index (χ0n) is 9.62. The van der Waals surface area contributed by atoms with Gasteiger partial charge in [-0.05, 0) is 23.0 Å². The Bertz CT molecular complexity index is 578. The van der Waals surface area contributed by atoms with Gasteiger partial charge < -0.3 is 14.6 Å². The normalized spacial score (nSPS) is 11.0. The molecular formula is C11H13BrN2O2S. The number of thiophene rings is 1. The maximum atomic E-state index is 11.9. The minimum Gasteiger partial charge on any atom is -0.438 e. The molecule has 0 amide bonds. The van der Waals surface area contributed by atoms with Gasteiger partial charge >= 0.3 is 0 Å². The number of hydrogen-bond acceptors (Lipinski definition) is 5. The fraction of sp³-hybridized carbons (Fsp3) is 0.364. The van der Waals surface area contributed by atoms with Crippen molar-refractivity contribution in [3.05, 3.63) is 26.1 Å². The molecule has 0 aromatic carbocycles. The molecule has 0 unspecified atom stereocenters. The van der Waals surface area contributed by atoms with E-state index in [2.05, 4.69) is 21.2 Å². The minimum absolute atomic E-state index is 0.00765. The molecule has 92 valence electrons. The Morgan fingerprint density at radius 2 is 2.35 bits per heavy atom. The van der Waals surface area contributed by atoms with Crippen molar-refractivity contribution in [1.29, 1.82) is 0 Å². The number of rotatable bonds is 4. The molecule has 0 saturated carbocycles. The van der Waals surface area contributed by atoms with Gasteiger partial charge in [-0.1, -0.05) is 0 Å². The summed E-state index contributed by atoms with van der Waals surface area (Å²) in [7, 11) is 3.80. The molecule has 2 aromatic rings. The van der Waals surface area contributed by atoms with E-state index in [-0.39, 0.29) is 5.43 Å². The maximum Gasteiger partial charge on any atom is 0.204 e. The third-order valence-corrected chi connectivity index (χ3v) is 4.33. The van der Waals surface area contributed by atoms with Crippen LogP contribution in [0.2, 0.25) is 0 Å². The lowest BCUT2D eigenvalue weighted by atomic mass is 10.4. The van der Waals surface area contributed by atoms with Crippen molar-refractivity contribution < 1.29 is 4.42 Å². The van der Waals surface area contributed by atoms with Crippen molar-refractivity contribution in [3.63, 3.8) is 0 Å². The van der Waals surface area contributed by atoms with E-state index < -0.39 is 0 Å². The van der Waals surface area contributed by atoms with Crippen LogP contribution in [-0.2, 0) is 0 Å². The molecule has 1 N–H and O–H groups in total. The highest BCUT2D eigenvalue weighted by molar-refractivity contribution is 9.10. The highest BCUT2D eigenvalue weighted by Crippen LogP contribution is 2.30. The predicted molar refractivity (Wildman–Crippen MR) is 75.3 cm³/mol. The summed E-state index contributed by atoms with van der Waals surface area (Å²) >= 11 is 4.78. The van der Waals surface area contributed by atoms with Crippen LogP contribution in [0.1, 0.15) is 0 Å². The third-order valence-electron chi connectivity index (χ3n) is 2.46. The summed E-state index contributed by atoms with van der Waals surface area (Å²) in [4.78, 5) is 13.8. The predicted octanol–water partition coefficient (Wildman–Crippen LogP) is 2.27. The van der Waals surface area contributed by atoms with Crippen LogP contribution < -0.4 is 15.6 Å². The van der Waals surface area contributed by atoms with Crippen molar-refractivity contribution in [1.82, 2.24) is 5.32 Å². The fourth-order valence-corrected chi connectivity index (χ4v) is 2.93.